The molecule has 2 atom stereocenters. The molecule has 1 aromatic rings. The minimum atomic E-state index is -0.428. The second-order valence-corrected chi connectivity index (χ2v) is 5.01. The molecule has 19 heavy (non-hydrogen) atoms. The number of carbonyl (C=O) groups excluding carboxylic acids is 1. The third-order valence-corrected chi connectivity index (χ3v) is 3.46. The van der Waals surface area contributed by atoms with Gasteiger partial charge in [-0.15, -0.1) is 0 Å². The van der Waals surface area contributed by atoms with Crippen LogP contribution in [0, 0.1) is 6.92 Å². The summed E-state index contributed by atoms with van der Waals surface area (Å²) in [5, 5.41) is 3.81. The molecule has 1 aromatic heterocycles. The predicted octanol–water partition coefficient (Wildman–Crippen LogP) is -0.0696. The Balaban J connectivity index is 1.91. The molecule has 1 amide bonds. The molecule has 0 spiro atoms. The van der Waals surface area contributed by atoms with Crippen LogP contribution in [0.1, 0.15) is 31.6 Å². The first-order valence-electron chi connectivity index (χ1n) is 6.57. The summed E-state index contributed by atoms with van der Waals surface area (Å²) in [5.41, 5.74) is 5.62. The topological polar surface area (TPSA) is 88.5 Å². The lowest BCUT2D eigenvalue weighted by atomic mass is 10.2. The average molecular weight is 267 g/mol. The highest BCUT2D eigenvalue weighted by Gasteiger charge is 2.28. The second kappa shape index (κ2) is 5.66. The summed E-state index contributed by atoms with van der Waals surface area (Å²) in [4.78, 5) is 20.1. The zero-order valence-corrected chi connectivity index (χ0v) is 11.7. The van der Waals surface area contributed by atoms with Crippen molar-refractivity contribution in [3.8, 4) is 0 Å². The molecule has 0 aliphatic carbocycles. The summed E-state index contributed by atoms with van der Waals surface area (Å²) in [6, 6.07) is -0.351. The van der Waals surface area contributed by atoms with Crippen molar-refractivity contribution in [3.05, 3.63) is 11.7 Å². The van der Waals surface area contributed by atoms with Crippen molar-refractivity contribution in [2.75, 3.05) is 26.2 Å². The van der Waals surface area contributed by atoms with Gasteiger partial charge in [0.25, 0.3) is 0 Å². The number of hydrogen-bond acceptors (Lipinski definition) is 6. The number of nitrogens with two attached hydrogens (primary N) is 1. The Kier molecular flexibility index (Phi) is 4.16. The maximum absolute atomic E-state index is 11.8. The molecule has 1 saturated heterocycles. The maximum Gasteiger partial charge on any atom is 0.243 e. The quantitative estimate of drug-likeness (QED) is 0.824. The first kappa shape index (κ1) is 14.0. The highest BCUT2D eigenvalue weighted by Crippen LogP contribution is 2.20. The van der Waals surface area contributed by atoms with Crippen molar-refractivity contribution in [3.63, 3.8) is 0 Å². The molecular formula is C12H21N5O2. The SMILES string of the molecule is Cc1noc(C(C)N2CCN(C(=O)[C@@H](C)N)CC2)n1. The van der Waals surface area contributed by atoms with Crippen molar-refractivity contribution < 1.29 is 9.32 Å². The van der Waals surface area contributed by atoms with E-state index in [2.05, 4.69) is 15.0 Å². The summed E-state index contributed by atoms with van der Waals surface area (Å²) in [5.74, 6) is 1.29. The Hall–Kier alpha value is -1.47. The van der Waals surface area contributed by atoms with E-state index in [0.29, 0.717) is 24.8 Å². The molecular weight excluding hydrogens is 246 g/mol. The summed E-state index contributed by atoms with van der Waals surface area (Å²) >= 11 is 0. The van der Waals surface area contributed by atoms with Gasteiger partial charge in [-0.25, -0.2) is 0 Å². The molecule has 7 heteroatoms. The van der Waals surface area contributed by atoms with Crippen LogP contribution in [0.3, 0.4) is 0 Å². The number of aromatic nitrogens is 2. The lowest BCUT2D eigenvalue weighted by Gasteiger charge is -2.37. The van der Waals surface area contributed by atoms with Gasteiger partial charge in [0.2, 0.25) is 11.8 Å². The van der Waals surface area contributed by atoms with E-state index in [1.807, 2.05) is 11.8 Å². The average Bonchev–Trinajstić information content (AvgIpc) is 2.84. The standard InChI is InChI=1S/C12H21N5O2/c1-8(13)12(18)17-6-4-16(5-7-17)9(2)11-14-10(3)15-19-11/h8-9H,4-7,13H2,1-3H3/t8-,9?/m1/s1. The van der Waals surface area contributed by atoms with Crippen LogP contribution >= 0.6 is 0 Å². The van der Waals surface area contributed by atoms with Gasteiger partial charge in [0.05, 0.1) is 12.1 Å². The van der Waals surface area contributed by atoms with E-state index in [1.165, 1.54) is 0 Å². The molecule has 106 valence electrons. The van der Waals surface area contributed by atoms with Crippen LogP contribution in [0.4, 0.5) is 0 Å². The van der Waals surface area contributed by atoms with Crippen molar-refractivity contribution in [2.45, 2.75) is 32.9 Å². The highest BCUT2D eigenvalue weighted by atomic mass is 16.5. The Bertz CT molecular complexity index is 437. The van der Waals surface area contributed by atoms with Crippen LogP contribution in [0.25, 0.3) is 0 Å². The van der Waals surface area contributed by atoms with Gasteiger partial charge < -0.3 is 15.2 Å². The van der Waals surface area contributed by atoms with Gasteiger partial charge >= 0.3 is 0 Å². The van der Waals surface area contributed by atoms with Crippen molar-refractivity contribution in [2.24, 2.45) is 5.73 Å². The number of hydrogen-bond donors (Lipinski definition) is 1. The van der Waals surface area contributed by atoms with Gasteiger partial charge in [0.1, 0.15) is 0 Å². The molecule has 2 N–H and O–H groups in total. The molecule has 2 heterocycles. The van der Waals surface area contributed by atoms with Crippen molar-refractivity contribution in [1.29, 1.82) is 0 Å². The van der Waals surface area contributed by atoms with Crippen LogP contribution in [0.2, 0.25) is 0 Å². The molecule has 1 fully saturated rings. The Morgan fingerprint density at radius 3 is 2.42 bits per heavy atom. The first-order valence-corrected chi connectivity index (χ1v) is 6.57. The minimum Gasteiger partial charge on any atom is -0.339 e. The molecule has 1 unspecified atom stereocenters. The smallest absolute Gasteiger partial charge is 0.243 e. The number of carbonyl (C=O) groups is 1. The number of piperazine rings is 1. The fourth-order valence-electron chi connectivity index (χ4n) is 2.26. The fourth-order valence-corrected chi connectivity index (χ4v) is 2.26. The van der Waals surface area contributed by atoms with E-state index in [9.17, 15) is 4.79 Å². The zero-order valence-electron chi connectivity index (χ0n) is 11.7. The Morgan fingerprint density at radius 2 is 1.95 bits per heavy atom. The van der Waals surface area contributed by atoms with Crippen LogP contribution < -0.4 is 5.73 Å². The lowest BCUT2D eigenvalue weighted by molar-refractivity contribution is -0.134. The molecule has 2 rings (SSSR count). The summed E-state index contributed by atoms with van der Waals surface area (Å²) in [6.45, 7) is 8.53. The summed E-state index contributed by atoms with van der Waals surface area (Å²) in [6.07, 6.45) is 0. The number of nitrogens with zero attached hydrogens (tertiary/aromatic N) is 4. The third-order valence-electron chi connectivity index (χ3n) is 3.46. The molecule has 0 bridgehead atoms. The molecule has 0 aromatic carbocycles. The minimum absolute atomic E-state index is 0.0148. The van der Waals surface area contributed by atoms with E-state index >= 15 is 0 Å². The number of amides is 1. The van der Waals surface area contributed by atoms with E-state index in [4.69, 9.17) is 10.3 Å². The van der Waals surface area contributed by atoms with E-state index in [0.717, 1.165) is 13.1 Å². The van der Waals surface area contributed by atoms with Gasteiger partial charge in [0.15, 0.2) is 5.82 Å². The summed E-state index contributed by atoms with van der Waals surface area (Å²) in [7, 11) is 0. The van der Waals surface area contributed by atoms with Crippen LogP contribution in [-0.2, 0) is 4.79 Å². The predicted molar refractivity (Wildman–Crippen MR) is 69.3 cm³/mol. The molecule has 1 aliphatic heterocycles. The normalized spacial score (nSPS) is 20.3. The largest absolute Gasteiger partial charge is 0.339 e. The number of aryl methyl sites for hydroxylation is 1. The van der Waals surface area contributed by atoms with Gasteiger partial charge in [-0.05, 0) is 20.8 Å². The van der Waals surface area contributed by atoms with E-state index < -0.39 is 6.04 Å². The molecule has 7 nitrogen and oxygen atoms in total. The zero-order chi connectivity index (χ0) is 14.0. The third kappa shape index (κ3) is 3.10. The Morgan fingerprint density at radius 1 is 1.32 bits per heavy atom. The second-order valence-electron chi connectivity index (χ2n) is 5.01. The molecule has 0 saturated carbocycles. The van der Waals surface area contributed by atoms with E-state index in [-0.39, 0.29) is 11.9 Å². The molecule has 1 aliphatic rings. The maximum atomic E-state index is 11.8. The number of rotatable bonds is 3. The van der Waals surface area contributed by atoms with Crippen LogP contribution in [-0.4, -0.2) is 58.1 Å². The van der Waals surface area contributed by atoms with Crippen molar-refractivity contribution >= 4 is 5.91 Å². The van der Waals surface area contributed by atoms with Gasteiger partial charge in [-0.1, -0.05) is 5.16 Å². The fraction of sp³-hybridized carbons (Fsp3) is 0.750. The highest BCUT2D eigenvalue weighted by molar-refractivity contribution is 5.81. The lowest BCUT2D eigenvalue weighted by Crippen LogP contribution is -2.52. The van der Waals surface area contributed by atoms with Crippen molar-refractivity contribution in [1.82, 2.24) is 19.9 Å². The van der Waals surface area contributed by atoms with Crippen LogP contribution in [0.5, 0.6) is 0 Å². The monoisotopic (exact) mass is 267 g/mol. The van der Waals surface area contributed by atoms with Crippen LogP contribution in [0.15, 0.2) is 4.52 Å². The van der Waals surface area contributed by atoms with E-state index in [1.54, 1.807) is 13.8 Å². The Labute approximate surface area is 112 Å². The molecule has 0 radical (unpaired) electrons. The van der Waals surface area contributed by atoms with Gasteiger partial charge in [-0.3, -0.25) is 9.69 Å². The van der Waals surface area contributed by atoms with Gasteiger partial charge in [0, 0.05) is 26.2 Å². The summed E-state index contributed by atoms with van der Waals surface area (Å²) < 4.78 is 5.19. The first-order chi connectivity index (χ1) is 8.99. The van der Waals surface area contributed by atoms with Gasteiger partial charge in [-0.2, -0.15) is 4.98 Å².